The van der Waals surface area contributed by atoms with E-state index >= 15 is 0 Å². The zero-order valence-electron chi connectivity index (χ0n) is 10.3. The van der Waals surface area contributed by atoms with Gasteiger partial charge in [-0.1, -0.05) is 6.07 Å². The summed E-state index contributed by atoms with van der Waals surface area (Å²) < 4.78 is 1.75. The van der Waals surface area contributed by atoms with Gasteiger partial charge in [-0.3, -0.25) is 9.48 Å². The van der Waals surface area contributed by atoms with E-state index < -0.39 is 0 Å². The van der Waals surface area contributed by atoms with E-state index in [2.05, 4.69) is 10.4 Å². The fourth-order valence-electron chi connectivity index (χ4n) is 1.68. The van der Waals surface area contributed by atoms with E-state index in [0.717, 1.165) is 12.1 Å². The lowest BCUT2D eigenvalue weighted by molar-refractivity contribution is 0.0954. The molecule has 0 radical (unpaired) electrons. The van der Waals surface area contributed by atoms with Crippen LogP contribution in [-0.4, -0.2) is 22.2 Å². The van der Waals surface area contributed by atoms with E-state index in [1.807, 2.05) is 19.3 Å². The number of rotatable bonds is 4. The van der Waals surface area contributed by atoms with Gasteiger partial charge >= 0.3 is 0 Å². The van der Waals surface area contributed by atoms with Gasteiger partial charge in [-0.25, -0.2) is 0 Å². The molecular formula is C13H16N4O. The summed E-state index contributed by atoms with van der Waals surface area (Å²) in [4.78, 5) is 11.8. The molecule has 0 aliphatic rings. The highest BCUT2D eigenvalue weighted by atomic mass is 16.1. The number of anilines is 1. The maximum Gasteiger partial charge on any atom is 0.251 e. The summed E-state index contributed by atoms with van der Waals surface area (Å²) in [6.07, 6.45) is 2.60. The van der Waals surface area contributed by atoms with Crippen LogP contribution in [0.1, 0.15) is 16.1 Å². The van der Waals surface area contributed by atoms with E-state index in [0.29, 0.717) is 17.8 Å². The number of nitrogens with two attached hydrogens (primary N) is 1. The molecule has 1 aromatic heterocycles. The average Bonchev–Trinajstić information content (AvgIpc) is 2.75. The Bertz CT molecular complexity index is 547. The van der Waals surface area contributed by atoms with Gasteiger partial charge in [-0.05, 0) is 24.3 Å². The molecule has 0 aliphatic heterocycles. The van der Waals surface area contributed by atoms with Crippen LogP contribution in [0.3, 0.4) is 0 Å². The number of nitrogens with one attached hydrogen (secondary N) is 1. The van der Waals surface area contributed by atoms with Crippen LogP contribution in [0.25, 0.3) is 0 Å². The first-order valence-corrected chi connectivity index (χ1v) is 5.77. The van der Waals surface area contributed by atoms with Gasteiger partial charge in [-0.15, -0.1) is 0 Å². The van der Waals surface area contributed by atoms with Crippen LogP contribution < -0.4 is 11.1 Å². The first-order chi connectivity index (χ1) is 8.65. The van der Waals surface area contributed by atoms with Gasteiger partial charge in [0.25, 0.3) is 5.91 Å². The molecule has 1 heterocycles. The van der Waals surface area contributed by atoms with Gasteiger partial charge in [0, 0.05) is 37.5 Å². The van der Waals surface area contributed by atoms with Gasteiger partial charge in [0.05, 0.1) is 5.69 Å². The van der Waals surface area contributed by atoms with Crippen molar-refractivity contribution < 1.29 is 4.79 Å². The van der Waals surface area contributed by atoms with Crippen molar-refractivity contribution in [3.8, 4) is 0 Å². The Morgan fingerprint density at radius 3 is 2.94 bits per heavy atom. The van der Waals surface area contributed by atoms with Gasteiger partial charge in [0.2, 0.25) is 0 Å². The molecule has 0 saturated carbocycles. The lowest BCUT2D eigenvalue weighted by Gasteiger charge is -2.04. The largest absolute Gasteiger partial charge is 0.399 e. The van der Waals surface area contributed by atoms with Gasteiger partial charge in [0.1, 0.15) is 0 Å². The second kappa shape index (κ2) is 5.35. The summed E-state index contributed by atoms with van der Waals surface area (Å²) in [5, 5.41) is 7.08. The predicted molar refractivity (Wildman–Crippen MR) is 70.1 cm³/mol. The number of aromatic nitrogens is 2. The molecular weight excluding hydrogens is 228 g/mol. The number of hydrogen-bond donors (Lipinski definition) is 2. The van der Waals surface area contributed by atoms with Gasteiger partial charge in [0.15, 0.2) is 0 Å². The number of nitrogens with zero attached hydrogens (tertiary/aromatic N) is 2. The van der Waals surface area contributed by atoms with Gasteiger partial charge in [-0.2, -0.15) is 5.10 Å². The maximum atomic E-state index is 11.8. The molecule has 0 spiro atoms. The van der Waals surface area contributed by atoms with Crippen molar-refractivity contribution in [2.45, 2.75) is 6.42 Å². The average molecular weight is 244 g/mol. The lowest BCUT2D eigenvalue weighted by atomic mass is 10.2. The smallest absolute Gasteiger partial charge is 0.251 e. The fraction of sp³-hybridized carbons (Fsp3) is 0.231. The Kier molecular flexibility index (Phi) is 3.62. The number of amides is 1. The Labute approximate surface area is 106 Å². The van der Waals surface area contributed by atoms with E-state index in [9.17, 15) is 4.79 Å². The highest BCUT2D eigenvalue weighted by Crippen LogP contribution is 2.06. The highest BCUT2D eigenvalue weighted by molar-refractivity contribution is 5.94. The lowest BCUT2D eigenvalue weighted by Crippen LogP contribution is -2.25. The number of carbonyl (C=O) groups is 1. The normalized spacial score (nSPS) is 10.3. The van der Waals surface area contributed by atoms with E-state index in [4.69, 9.17) is 5.73 Å². The molecule has 1 aromatic carbocycles. The monoisotopic (exact) mass is 244 g/mol. The van der Waals surface area contributed by atoms with E-state index in [1.165, 1.54) is 0 Å². The minimum atomic E-state index is -0.113. The number of carbonyl (C=O) groups excluding carboxylic acids is 1. The molecule has 0 saturated heterocycles. The first-order valence-electron chi connectivity index (χ1n) is 5.77. The SMILES string of the molecule is Cn1ccc(CCNC(=O)c2cccc(N)c2)n1. The zero-order valence-corrected chi connectivity index (χ0v) is 10.3. The quantitative estimate of drug-likeness (QED) is 0.787. The van der Waals surface area contributed by atoms with Crippen LogP contribution in [0.2, 0.25) is 0 Å². The number of aryl methyl sites for hydroxylation is 1. The third-order valence-electron chi connectivity index (χ3n) is 2.58. The highest BCUT2D eigenvalue weighted by Gasteiger charge is 2.05. The maximum absolute atomic E-state index is 11.8. The third-order valence-corrected chi connectivity index (χ3v) is 2.58. The van der Waals surface area contributed by atoms with Crippen LogP contribution in [-0.2, 0) is 13.5 Å². The fourth-order valence-corrected chi connectivity index (χ4v) is 1.68. The minimum Gasteiger partial charge on any atom is -0.399 e. The van der Waals surface area contributed by atoms with Crippen molar-refractivity contribution in [2.24, 2.45) is 7.05 Å². The zero-order chi connectivity index (χ0) is 13.0. The summed E-state index contributed by atoms with van der Waals surface area (Å²) in [5.74, 6) is -0.113. The van der Waals surface area contributed by atoms with E-state index in [-0.39, 0.29) is 5.91 Å². The molecule has 0 fully saturated rings. The van der Waals surface area contributed by atoms with Crippen molar-refractivity contribution >= 4 is 11.6 Å². The van der Waals surface area contributed by atoms with Crippen molar-refractivity contribution in [1.29, 1.82) is 0 Å². The first kappa shape index (κ1) is 12.2. The second-order valence-electron chi connectivity index (χ2n) is 4.11. The van der Waals surface area contributed by atoms with Crippen molar-refractivity contribution in [3.05, 3.63) is 47.8 Å². The summed E-state index contributed by atoms with van der Waals surface area (Å²) in [5.41, 5.74) is 7.76. The molecule has 5 heteroatoms. The van der Waals surface area contributed by atoms with Crippen LogP contribution >= 0.6 is 0 Å². The Morgan fingerprint density at radius 2 is 2.28 bits per heavy atom. The molecule has 0 aliphatic carbocycles. The molecule has 94 valence electrons. The molecule has 0 unspecified atom stereocenters. The molecule has 0 atom stereocenters. The van der Waals surface area contributed by atoms with Crippen molar-refractivity contribution in [3.63, 3.8) is 0 Å². The number of hydrogen-bond acceptors (Lipinski definition) is 3. The van der Waals surface area contributed by atoms with Crippen molar-refractivity contribution in [2.75, 3.05) is 12.3 Å². The number of benzene rings is 1. The Hall–Kier alpha value is -2.30. The topological polar surface area (TPSA) is 72.9 Å². The third kappa shape index (κ3) is 3.10. The molecule has 0 bridgehead atoms. The second-order valence-corrected chi connectivity index (χ2v) is 4.11. The Balaban J connectivity index is 1.85. The Morgan fingerprint density at radius 1 is 1.44 bits per heavy atom. The van der Waals surface area contributed by atoms with Crippen molar-refractivity contribution in [1.82, 2.24) is 15.1 Å². The minimum absolute atomic E-state index is 0.113. The standard InChI is InChI=1S/C13H16N4O/c1-17-8-6-12(16-17)5-7-15-13(18)10-3-2-4-11(14)9-10/h2-4,6,8-9H,5,7,14H2,1H3,(H,15,18). The van der Waals surface area contributed by atoms with Crippen LogP contribution in [0.15, 0.2) is 36.5 Å². The number of nitrogen functional groups attached to an aromatic ring is 1. The van der Waals surface area contributed by atoms with E-state index in [1.54, 1.807) is 28.9 Å². The molecule has 3 N–H and O–H groups in total. The van der Waals surface area contributed by atoms with Crippen LogP contribution in [0, 0.1) is 0 Å². The molecule has 2 rings (SSSR count). The predicted octanol–water partition coefficient (Wildman–Crippen LogP) is 0.975. The molecule has 18 heavy (non-hydrogen) atoms. The van der Waals surface area contributed by atoms with Crippen LogP contribution in [0.5, 0.6) is 0 Å². The molecule has 5 nitrogen and oxygen atoms in total. The molecule has 1 amide bonds. The molecule has 2 aromatic rings. The summed E-state index contributed by atoms with van der Waals surface area (Å²) >= 11 is 0. The van der Waals surface area contributed by atoms with Gasteiger partial charge < -0.3 is 11.1 Å². The summed E-state index contributed by atoms with van der Waals surface area (Å²) in [6, 6.07) is 8.86. The summed E-state index contributed by atoms with van der Waals surface area (Å²) in [6.45, 7) is 0.560. The summed E-state index contributed by atoms with van der Waals surface area (Å²) in [7, 11) is 1.87. The van der Waals surface area contributed by atoms with Crippen LogP contribution in [0.4, 0.5) is 5.69 Å².